The van der Waals surface area contributed by atoms with Crippen LogP contribution in [-0.2, 0) is 515 Å². The van der Waals surface area contributed by atoms with Crippen molar-refractivity contribution in [2.75, 3.05) is 0 Å². The van der Waals surface area contributed by atoms with Gasteiger partial charge < -0.3 is 0 Å². The summed E-state index contributed by atoms with van der Waals surface area (Å²) in [4.78, 5) is 0. The molecule has 0 heterocycles. The van der Waals surface area contributed by atoms with Crippen LogP contribution in [0.5, 0.6) is 0 Å². The minimum Gasteiger partial charge on any atom is 0 e. The van der Waals surface area contributed by atoms with E-state index in [1.54, 1.807) is 0 Å². The molecular formula is Os26. The quantitative estimate of drug-likeness (QED) is 0.320. The molecule has 0 aromatic rings. The van der Waals surface area contributed by atoms with Crippen molar-refractivity contribution in [3.05, 3.63) is 0 Å². The summed E-state index contributed by atoms with van der Waals surface area (Å²) in [7, 11) is 0. The minimum atomic E-state index is 0. The van der Waals surface area contributed by atoms with Gasteiger partial charge in [0.05, 0.1) is 0 Å². The molecule has 208 valence electrons. The first-order valence-electron chi connectivity index (χ1n) is 0. The van der Waals surface area contributed by atoms with Crippen molar-refractivity contribution < 1.29 is 515 Å². The van der Waals surface area contributed by atoms with E-state index < -0.39 is 0 Å². The Bertz CT molecular complexity index is 0. The third kappa shape index (κ3) is 232. The van der Waals surface area contributed by atoms with E-state index in [1.165, 1.54) is 0 Å². The molecule has 0 aromatic heterocycles. The van der Waals surface area contributed by atoms with Crippen molar-refractivity contribution in [1.29, 1.82) is 0 Å². The Labute approximate surface area is 500 Å². The van der Waals surface area contributed by atoms with Gasteiger partial charge in [0.2, 0.25) is 0 Å². The third-order valence-electron chi connectivity index (χ3n) is 0. The van der Waals surface area contributed by atoms with Crippen LogP contribution in [-0.4, -0.2) is 0 Å². The molecule has 0 N–H and O–H groups in total. The molecule has 26 heteroatoms. The van der Waals surface area contributed by atoms with Gasteiger partial charge in [-0.25, -0.2) is 0 Å². The topological polar surface area (TPSA) is 0 Å². The zero-order chi connectivity index (χ0) is 0. The second-order valence-electron chi connectivity index (χ2n) is 0. The molecule has 0 atom stereocenters. The van der Waals surface area contributed by atoms with Gasteiger partial charge in [-0.2, -0.15) is 0 Å². The Morgan fingerprint density at radius 1 is 0.0385 bits per heavy atom. The summed E-state index contributed by atoms with van der Waals surface area (Å²) in [5.41, 5.74) is 0. The maximum atomic E-state index is 0. The first-order chi connectivity index (χ1) is 0. The largest absolute Gasteiger partial charge is 0 e. The van der Waals surface area contributed by atoms with E-state index in [9.17, 15) is 0 Å². The zero-order valence-corrected chi connectivity index (χ0v) is 75.2. The first kappa shape index (κ1) is 268. The fraction of sp³-hybridized carbons (Fsp3) is 0. The van der Waals surface area contributed by atoms with Gasteiger partial charge in [-0.3, -0.25) is 0 Å². The smallest absolute Gasteiger partial charge is 0 e. The van der Waals surface area contributed by atoms with E-state index in [-0.39, 0.29) is 515 Å². The fourth-order valence-corrected chi connectivity index (χ4v) is 0. The van der Waals surface area contributed by atoms with Crippen LogP contribution < -0.4 is 0 Å². The normalized spacial score (nSPS) is 0. The second kappa shape index (κ2) is 249. The van der Waals surface area contributed by atoms with E-state index in [4.69, 9.17) is 0 Å². The van der Waals surface area contributed by atoms with Crippen LogP contribution in [0, 0.1) is 0 Å². The average Bonchev–Trinajstić information content (AvgIpc) is 0. The summed E-state index contributed by atoms with van der Waals surface area (Å²) >= 11 is 0. The predicted molar refractivity (Wildman–Crippen MR) is 0 cm³/mol. The molecule has 0 aliphatic carbocycles. The molecule has 26 heavy (non-hydrogen) atoms. The molecule has 0 aromatic carbocycles. The van der Waals surface area contributed by atoms with Crippen molar-refractivity contribution in [2.45, 2.75) is 0 Å². The van der Waals surface area contributed by atoms with E-state index in [0.29, 0.717) is 0 Å². The molecule has 0 amide bonds. The summed E-state index contributed by atoms with van der Waals surface area (Å²) < 4.78 is 0. The van der Waals surface area contributed by atoms with Gasteiger partial charge in [0.15, 0.2) is 0 Å². The zero-order valence-electron chi connectivity index (χ0n) is 9.19. The Hall–Kier alpha value is 16.5. The molecule has 0 rings (SSSR count). The molecule has 0 nitrogen and oxygen atoms in total. The molecule has 0 bridgehead atoms. The minimum absolute atomic E-state index is 0. The van der Waals surface area contributed by atoms with Gasteiger partial charge in [0.25, 0.3) is 0 Å². The summed E-state index contributed by atoms with van der Waals surface area (Å²) in [6.07, 6.45) is 0. The summed E-state index contributed by atoms with van der Waals surface area (Å²) in [6, 6.07) is 0. The Morgan fingerprint density at radius 2 is 0.0385 bits per heavy atom. The van der Waals surface area contributed by atoms with Crippen LogP contribution in [0.25, 0.3) is 0 Å². The molecule has 0 unspecified atom stereocenters. The van der Waals surface area contributed by atoms with Crippen molar-refractivity contribution >= 4 is 0 Å². The molecule has 0 radical (unpaired) electrons. The molecule has 0 spiro atoms. The monoisotopic (exact) mass is 4990 g/mol. The molecule has 0 saturated carbocycles. The first-order valence-corrected chi connectivity index (χ1v) is 0. The number of hydrogen-bond acceptors (Lipinski definition) is 0. The summed E-state index contributed by atoms with van der Waals surface area (Å²) in [6.45, 7) is 0. The SMILES string of the molecule is [Os].[Os].[Os].[Os].[Os].[Os].[Os].[Os].[Os].[Os].[Os].[Os].[Os].[Os].[Os].[Os].[Os].[Os].[Os].[Os].[Os].[Os].[Os].[Os].[Os].[Os]. The van der Waals surface area contributed by atoms with Gasteiger partial charge >= 0.3 is 0 Å². The van der Waals surface area contributed by atoms with Gasteiger partial charge in [0, 0.05) is 515 Å². The Morgan fingerprint density at radius 3 is 0.0385 bits per heavy atom. The maximum absolute atomic E-state index is 0. The predicted octanol–water partition coefficient (Wildman–Crippen LogP) is -0.0650. The third-order valence-corrected chi connectivity index (χ3v) is 0. The maximum Gasteiger partial charge on any atom is 0 e. The van der Waals surface area contributed by atoms with Crippen LogP contribution in [0.2, 0.25) is 0 Å². The van der Waals surface area contributed by atoms with Crippen molar-refractivity contribution in [1.82, 2.24) is 0 Å². The van der Waals surface area contributed by atoms with E-state index >= 15 is 0 Å². The van der Waals surface area contributed by atoms with Crippen molar-refractivity contribution in [3.63, 3.8) is 0 Å². The molecule has 0 saturated heterocycles. The molecule has 0 aliphatic heterocycles. The second-order valence-corrected chi connectivity index (χ2v) is 0. The molecule has 0 aliphatic rings. The van der Waals surface area contributed by atoms with Gasteiger partial charge in [-0.05, 0) is 0 Å². The molecular weight excluding hydrogens is 4950 g/mol. The van der Waals surface area contributed by atoms with Crippen molar-refractivity contribution in [2.24, 2.45) is 0 Å². The van der Waals surface area contributed by atoms with E-state index in [2.05, 4.69) is 0 Å². The van der Waals surface area contributed by atoms with Crippen LogP contribution in [0.1, 0.15) is 0 Å². The van der Waals surface area contributed by atoms with Gasteiger partial charge in [-0.1, -0.05) is 0 Å². The number of rotatable bonds is 0. The average molecular weight is 4950 g/mol. The van der Waals surface area contributed by atoms with Gasteiger partial charge in [0.1, 0.15) is 0 Å². The number of hydrogen-bond donors (Lipinski definition) is 0. The standard InChI is InChI=1S/26Os. The fourth-order valence-electron chi connectivity index (χ4n) is 0. The summed E-state index contributed by atoms with van der Waals surface area (Å²) in [5.74, 6) is 0. The molecule has 0 fully saturated rings. The van der Waals surface area contributed by atoms with Crippen molar-refractivity contribution in [3.8, 4) is 0 Å². The summed E-state index contributed by atoms with van der Waals surface area (Å²) in [5, 5.41) is 0. The van der Waals surface area contributed by atoms with Crippen LogP contribution in [0.15, 0.2) is 0 Å². The Kier molecular flexibility index (Phi) is 2570. The van der Waals surface area contributed by atoms with Crippen LogP contribution >= 0.6 is 0 Å². The van der Waals surface area contributed by atoms with E-state index in [1.807, 2.05) is 0 Å². The van der Waals surface area contributed by atoms with Crippen LogP contribution in [0.4, 0.5) is 0 Å². The Balaban J connectivity index is 0. The van der Waals surface area contributed by atoms with Crippen LogP contribution in [0.3, 0.4) is 0 Å². The van der Waals surface area contributed by atoms with Gasteiger partial charge in [-0.15, -0.1) is 0 Å². The van der Waals surface area contributed by atoms with E-state index in [0.717, 1.165) is 0 Å².